The Bertz CT molecular complexity index is 699. The van der Waals surface area contributed by atoms with Gasteiger partial charge in [0.2, 0.25) is 5.91 Å². The molecular formula is C20H24N2O3. The number of rotatable bonds is 8. The molecule has 0 saturated heterocycles. The van der Waals surface area contributed by atoms with Crippen LogP contribution in [0.3, 0.4) is 0 Å². The Morgan fingerprint density at radius 3 is 2.76 bits per heavy atom. The van der Waals surface area contributed by atoms with E-state index < -0.39 is 0 Å². The highest BCUT2D eigenvalue weighted by Crippen LogP contribution is 2.29. The van der Waals surface area contributed by atoms with Gasteiger partial charge in [0.05, 0.1) is 13.2 Å². The van der Waals surface area contributed by atoms with Crippen LogP contribution < -0.4 is 10.1 Å². The summed E-state index contributed by atoms with van der Waals surface area (Å²) in [4.78, 5) is 16.0. The number of ether oxygens (including phenoxy) is 2. The Hall–Kier alpha value is -2.40. The van der Waals surface area contributed by atoms with Crippen molar-refractivity contribution < 1.29 is 14.3 Å². The zero-order valence-corrected chi connectivity index (χ0v) is 14.5. The molecule has 1 aromatic heterocycles. The second-order valence-corrected chi connectivity index (χ2v) is 6.48. The standard InChI is InChI=1S/C20H24N2O3/c1-15-5-6-18(11-19(15)25-13-16-3-2-4-16)22-20(23)14-24-12-17-7-9-21-10-8-17/h5-11,16H,2-4,12-14H2,1H3,(H,22,23). The van der Waals surface area contributed by atoms with E-state index in [0.717, 1.165) is 29.2 Å². The van der Waals surface area contributed by atoms with E-state index in [1.807, 2.05) is 37.3 Å². The number of carbonyl (C=O) groups is 1. The van der Waals surface area contributed by atoms with Gasteiger partial charge in [-0.25, -0.2) is 0 Å². The first-order chi connectivity index (χ1) is 12.2. The molecule has 5 heteroatoms. The molecule has 0 bridgehead atoms. The fourth-order valence-electron chi connectivity index (χ4n) is 2.64. The predicted molar refractivity (Wildman–Crippen MR) is 96.5 cm³/mol. The summed E-state index contributed by atoms with van der Waals surface area (Å²) < 4.78 is 11.4. The van der Waals surface area contributed by atoms with Crippen molar-refractivity contribution in [3.8, 4) is 5.75 Å². The van der Waals surface area contributed by atoms with Gasteiger partial charge >= 0.3 is 0 Å². The highest BCUT2D eigenvalue weighted by Gasteiger charge is 2.18. The zero-order chi connectivity index (χ0) is 17.5. The van der Waals surface area contributed by atoms with Gasteiger partial charge in [-0.05, 0) is 55.0 Å². The highest BCUT2D eigenvalue weighted by molar-refractivity contribution is 5.91. The lowest BCUT2D eigenvalue weighted by atomic mass is 9.86. The third-order valence-electron chi connectivity index (χ3n) is 4.42. The molecular weight excluding hydrogens is 316 g/mol. The van der Waals surface area contributed by atoms with E-state index in [-0.39, 0.29) is 12.5 Å². The van der Waals surface area contributed by atoms with Gasteiger partial charge < -0.3 is 14.8 Å². The van der Waals surface area contributed by atoms with Crippen LogP contribution in [0.4, 0.5) is 5.69 Å². The maximum atomic E-state index is 12.0. The number of pyridine rings is 1. The summed E-state index contributed by atoms with van der Waals surface area (Å²) in [6.45, 7) is 3.17. The highest BCUT2D eigenvalue weighted by atomic mass is 16.5. The first kappa shape index (κ1) is 17.4. The first-order valence-electron chi connectivity index (χ1n) is 8.70. The van der Waals surface area contributed by atoms with Crippen LogP contribution in [0.1, 0.15) is 30.4 Å². The van der Waals surface area contributed by atoms with E-state index in [4.69, 9.17) is 9.47 Å². The van der Waals surface area contributed by atoms with E-state index in [2.05, 4.69) is 10.3 Å². The van der Waals surface area contributed by atoms with E-state index in [0.29, 0.717) is 12.5 Å². The third kappa shape index (κ3) is 5.29. The van der Waals surface area contributed by atoms with E-state index in [1.165, 1.54) is 19.3 Å². The lowest BCUT2D eigenvalue weighted by Gasteiger charge is -2.25. The van der Waals surface area contributed by atoms with Crippen molar-refractivity contribution in [2.24, 2.45) is 5.92 Å². The maximum absolute atomic E-state index is 12.0. The number of amides is 1. The molecule has 1 aliphatic carbocycles. The number of benzene rings is 1. The summed E-state index contributed by atoms with van der Waals surface area (Å²) in [6, 6.07) is 9.46. The molecule has 3 rings (SSSR count). The van der Waals surface area contributed by atoms with Gasteiger partial charge in [-0.2, -0.15) is 0 Å². The zero-order valence-electron chi connectivity index (χ0n) is 14.5. The Kier molecular flexibility index (Phi) is 6.01. The van der Waals surface area contributed by atoms with Crippen LogP contribution in [0.2, 0.25) is 0 Å². The van der Waals surface area contributed by atoms with Crippen LogP contribution >= 0.6 is 0 Å². The Morgan fingerprint density at radius 1 is 1.24 bits per heavy atom. The summed E-state index contributed by atoms with van der Waals surface area (Å²) in [5.41, 5.74) is 2.79. The van der Waals surface area contributed by atoms with Crippen molar-refractivity contribution in [3.63, 3.8) is 0 Å². The SMILES string of the molecule is Cc1ccc(NC(=O)COCc2ccncc2)cc1OCC1CCC1. The quantitative estimate of drug-likeness (QED) is 0.795. The van der Waals surface area contributed by atoms with Crippen LogP contribution in [-0.2, 0) is 16.1 Å². The number of hydrogen-bond acceptors (Lipinski definition) is 4. The fourth-order valence-corrected chi connectivity index (χ4v) is 2.64. The van der Waals surface area contributed by atoms with Crippen molar-refractivity contribution in [2.45, 2.75) is 32.8 Å². The molecule has 1 amide bonds. The van der Waals surface area contributed by atoms with E-state index >= 15 is 0 Å². The minimum absolute atomic E-state index is 0.00840. The van der Waals surface area contributed by atoms with E-state index in [9.17, 15) is 4.79 Å². The first-order valence-corrected chi connectivity index (χ1v) is 8.70. The molecule has 0 atom stereocenters. The molecule has 1 aromatic carbocycles. The lowest BCUT2D eigenvalue weighted by molar-refractivity contribution is -0.121. The fraction of sp³-hybridized carbons (Fsp3) is 0.400. The van der Waals surface area contributed by atoms with Gasteiger partial charge in [0.15, 0.2) is 0 Å². The Labute approximate surface area is 148 Å². The Morgan fingerprint density at radius 2 is 2.04 bits per heavy atom. The number of nitrogens with one attached hydrogen (secondary N) is 1. The summed E-state index contributed by atoms with van der Waals surface area (Å²) in [7, 11) is 0. The molecule has 1 aliphatic rings. The van der Waals surface area contributed by atoms with Gasteiger partial charge in [-0.15, -0.1) is 0 Å². The van der Waals surface area contributed by atoms with Crippen molar-refractivity contribution in [2.75, 3.05) is 18.5 Å². The van der Waals surface area contributed by atoms with Gasteiger partial charge in [-0.3, -0.25) is 9.78 Å². The van der Waals surface area contributed by atoms with Crippen LogP contribution in [0.15, 0.2) is 42.7 Å². The summed E-state index contributed by atoms with van der Waals surface area (Å²) >= 11 is 0. The minimum atomic E-state index is -0.178. The van der Waals surface area contributed by atoms with Gasteiger partial charge in [0.1, 0.15) is 12.4 Å². The minimum Gasteiger partial charge on any atom is -0.493 e. The monoisotopic (exact) mass is 340 g/mol. The van der Waals surface area contributed by atoms with Crippen molar-refractivity contribution >= 4 is 11.6 Å². The molecule has 1 saturated carbocycles. The number of nitrogens with zero attached hydrogens (tertiary/aromatic N) is 1. The number of hydrogen-bond donors (Lipinski definition) is 1. The Balaban J connectivity index is 1.46. The molecule has 1 heterocycles. The van der Waals surface area contributed by atoms with Crippen LogP contribution in [0, 0.1) is 12.8 Å². The normalized spacial score (nSPS) is 14.0. The van der Waals surface area contributed by atoms with Crippen molar-refractivity contribution in [1.82, 2.24) is 4.98 Å². The molecule has 2 aromatic rings. The van der Waals surface area contributed by atoms with Crippen molar-refractivity contribution in [3.05, 3.63) is 53.9 Å². The smallest absolute Gasteiger partial charge is 0.250 e. The molecule has 0 unspecified atom stereocenters. The predicted octanol–water partition coefficient (Wildman–Crippen LogP) is 3.72. The number of anilines is 1. The van der Waals surface area contributed by atoms with E-state index in [1.54, 1.807) is 12.4 Å². The van der Waals surface area contributed by atoms with Crippen LogP contribution in [0.25, 0.3) is 0 Å². The number of aryl methyl sites for hydroxylation is 1. The maximum Gasteiger partial charge on any atom is 0.250 e. The molecule has 0 spiro atoms. The molecule has 0 aliphatic heterocycles. The average Bonchev–Trinajstić information content (AvgIpc) is 2.57. The summed E-state index contributed by atoms with van der Waals surface area (Å²) in [5.74, 6) is 1.34. The topological polar surface area (TPSA) is 60.5 Å². The molecule has 0 radical (unpaired) electrons. The van der Waals surface area contributed by atoms with Crippen LogP contribution in [0.5, 0.6) is 5.75 Å². The molecule has 1 fully saturated rings. The molecule has 1 N–H and O–H groups in total. The molecule has 25 heavy (non-hydrogen) atoms. The van der Waals surface area contributed by atoms with Gasteiger partial charge in [0, 0.05) is 24.1 Å². The van der Waals surface area contributed by atoms with Gasteiger partial charge in [-0.1, -0.05) is 12.5 Å². The summed E-state index contributed by atoms with van der Waals surface area (Å²) in [6.07, 6.45) is 7.23. The van der Waals surface area contributed by atoms with Crippen molar-refractivity contribution in [1.29, 1.82) is 0 Å². The van der Waals surface area contributed by atoms with Crippen LogP contribution in [-0.4, -0.2) is 24.1 Å². The average molecular weight is 340 g/mol. The second kappa shape index (κ2) is 8.62. The number of aromatic nitrogens is 1. The third-order valence-corrected chi connectivity index (χ3v) is 4.42. The van der Waals surface area contributed by atoms with Gasteiger partial charge in [0.25, 0.3) is 0 Å². The molecule has 5 nitrogen and oxygen atoms in total. The summed E-state index contributed by atoms with van der Waals surface area (Å²) in [5, 5.41) is 2.86. The second-order valence-electron chi connectivity index (χ2n) is 6.48. The molecule has 132 valence electrons. The number of carbonyl (C=O) groups excluding carboxylic acids is 1. The lowest BCUT2D eigenvalue weighted by Crippen LogP contribution is -2.20. The largest absolute Gasteiger partial charge is 0.493 e.